The van der Waals surface area contributed by atoms with E-state index in [1.54, 1.807) is 0 Å². The fraction of sp³-hybridized carbons (Fsp3) is 0.556. The highest BCUT2D eigenvalue weighted by Crippen LogP contribution is 2.35. The molecule has 0 unspecified atom stereocenters. The lowest BCUT2D eigenvalue weighted by molar-refractivity contribution is 0.102. The van der Waals surface area contributed by atoms with Crippen molar-refractivity contribution in [3.63, 3.8) is 0 Å². The number of carbonyl (C=O) groups is 1. The Morgan fingerprint density at radius 2 is 2.00 bits per heavy atom. The Morgan fingerprint density at radius 3 is 2.59 bits per heavy atom. The normalized spacial score (nSPS) is 14.1. The molecule has 2 heterocycles. The number of carbonyl (C=O) groups excluding carboxylic acids is 1. The van der Waals surface area contributed by atoms with Gasteiger partial charge in [0.2, 0.25) is 0 Å². The lowest BCUT2D eigenvalue weighted by Crippen LogP contribution is -2.36. The van der Waals surface area contributed by atoms with E-state index in [9.17, 15) is 14.4 Å². The van der Waals surface area contributed by atoms with E-state index in [4.69, 9.17) is 5.73 Å². The Morgan fingerprint density at radius 1 is 1.33 bits per heavy atom. The molecular weight excluding hydrogens is 366 g/mol. The predicted octanol–water partition coefficient (Wildman–Crippen LogP) is 1.90. The van der Waals surface area contributed by atoms with Crippen molar-refractivity contribution in [3.8, 4) is 0 Å². The molecule has 2 aromatic heterocycles. The molecule has 0 radical (unpaired) electrons. The third-order valence-electron chi connectivity index (χ3n) is 4.68. The second-order valence-corrected chi connectivity index (χ2v) is 8.34. The van der Waals surface area contributed by atoms with Crippen LogP contribution in [0.3, 0.4) is 0 Å². The molecule has 146 valence electrons. The van der Waals surface area contributed by atoms with Gasteiger partial charge in [-0.25, -0.2) is 9.78 Å². The van der Waals surface area contributed by atoms with Gasteiger partial charge in [0.05, 0.1) is 11.4 Å². The van der Waals surface area contributed by atoms with Gasteiger partial charge in [-0.3, -0.25) is 19.1 Å². The average molecular weight is 391 g/mol. The number of nitrogens with two attached hydrogens (primary N) is 1. The van der Waals surface area contributed by atoms with E-state index in [0.29, 0.717) is 5.92 Å². The SMILES string of the molecule is Cc1nc(SCC(=O)c2c(N)n(C3CC3)c(=O)[nH]c2=O)n(CC(C)C)c1C. The van der Waals surface area contributed by atoms with E-state index in [0.717, 1.165) is 35.9 Å². The standard InChI is InChI=1S/C18H25N5O3S/c1-9(2)7-22-11(4)10(3)20-18(22)27-8-13(24)14-15(19)23(12-5-6-12)17(26)21-16(14)25/h9,12H,5-8,19H2,1-4H3,(H,21,25,26). The number of anilines is 1. The summed E-state index contributed by atoms with van der Waals surface area (Å²) in [6, 6.07) is -0.0243. The number of thioether (sulfide) groups is 1. The molecule has 0 amide bonds. The summed E-state index contributed by atoms with van der Waals surface area (Å²) >= 11 is 1.29. The third-order valence-corrected chi connectivity index (χ3v) is 5.65. The van der Waals surface area contributed by atoms with Crippen molar-refractivity contribution < 1.29 is 4.79 Å². The number of aromatic amines is 1. The highest BCUT2D eigenvalue weighted by molar-refractivity contribution is 7.99. The number of H-pyrrole nitrogens is 1. The summed E-state index contributed by atoms with van der Waals surface area (Å²) < 4.78 is 3.42. The Balaban J connectivity index is 1.86. The van der Waals surface area contributed by atoms with Gasteiger partial charge >= 0.3 is 5.69 Å². The van der Waals surface area contributed by atoms with Crippen LogP contribution in [0.25, 0.3) is 0 Å². The average Bonchev–Trinajstić information content (AvgIpc) is 3.35. The van der Waals surface area contributed by atoms with E-state index < -0.39 is 17.0 Å². The first kappa shape index (κ1) is 19.5. The molecule has 9 heteroatoms. The minimum absolute atomic E-state index is 0.0243. The lowest BCUT2D eigenvalue weighted by atomic mass is 10.2. The number of nitrogens with zero attached hydrogens (tertiary/aromatic N) is 3. The van der Waals surface area contributed by atoms with Crippen LogP contribution in [0.1, 0.15) is 54.5 Å². The van der Waals surface area contributed by atoms with Crippen molar-refractivity contribution in [2.75, 3.05) is 11.5 Å². The highest BCUT2D eigenvalue weighted by Gasteiger charge is 2.30. The van der Waals surface area contributed by atoms with E-state index in [1.165, 1.54) is 16.3 Å². The number of Topliss-reactive ketones (excluding diaryl/α,β-unsaturated/α-hetero) is 1. The first-order valence-corrected chi connectivity index (χ1v) is 10.0. The molecule has 1 aliphatic carbocycles. The first-order chi connectivity index (χ1) is 12.7. The maximum Gasteiger partial charge on any atom is 0.330 e. The summed E-state index contributed by atoms with van der Waals surface area (Å²) in [6.45, 7) is 8.99. The minimum Gasteiger partial charge on any atom is -0.384 e. The van der Waals surface area contributed by atoms with Crippen LogP contribution in [0.2, 0.25) is 0 Å². The first-order valence-electron chi connectivity index (χ1n) is 9.04. The number of nitrogens with one attached hydrogen (secondary N) is 1. The second kappa shape index (κ2) is 7.38. The Kier molecular flexibility index (Phi) is 5.32. The number of rotatable bonds is 7. The summed E-state index contributed by atoms with van der Waals surface area (Å²) in [6.07, 6.45) is 1.65. The van der Waals surface area contributed by atoms with Crippen molar-refractivity contribution >= 4 is 23.4 Å². The summed E-state index contributed by atoms with van der Waals surface area (Å²) in [5.74, 6) is 0.0367. The van der Waals surface area contributed by atoms with Gasteiger partial charge in [0.25, 0.3) is 5.56 Å². The van der Waals surface area contributed by atoms with Gasteiger partial charge in [-0.15, -0.1) is 0 Å². The largest absolute Gasteiger partial charge is 0.384 e. The van der Waals surface area contributed by atoms with Crippen molar-refractivity contribution in [2.45, 2.75) is 58.3 Å². The van der Waals surface area contributed by atoms with Crippen LogP contribution in [-0.4, -0.2) is 30.6 Å². The summed E-state index contributed by atoms with van der Waals surface area (Å²) in [4.78, 5) is 43.6. The maximum absolute atomic E-state index is 12.7. The van der Waals surface area contributed by atoms with Crippen LogP contribution in [0, 0.1) is 19.8 Å². The van der Waals surface area contributed by atoms with Crippen molar-refractivity contribution in [2.24, 2.45) is 5.92 Å². The molecule has 27 heavy (non-hydrogen) atoms. The van der Waals surface area contributed by atoms with Crippen LogP contribution in [0.5, 0.6) is 0 Å². The van der Waals surface area contributed by atoms with Gasteiger partial charge in [0, 0.05) is 18.3 Å². The van der Waals surface area contributed by atoms with Gasteiger partial charge in [0.15, 0.2) is 10.9 Å². The zero-order valence-corrected chi connectivity index (χ0v) is 16.9. The molecule has 3 N–H and O–H groups in total. The van der Waals surface area contributed by atoms with Gasteiger partial charge in [0.1, 0.15) is 11.4 Å². The summed E-state index contributed by atoms with van der Waals surface area (Å²) in [7, 11) is 0. The molecule has 1 fully saturated rings. The number of imidazole rings is 1. The van der Waals surface area contributed by atoms with Crippen LogP contribution in [0.15, 0.2) is 14.7 Å². The molecule has 0 bridgehead atoms. The fourth-order valence-electron chi connectivity index (χ4n) is 3.05. The smallest absolute Gasteiger partial charge is 0.330 e. The van der Waals surface area contributed by atoms with Crippen LogP contribution < -0.4 is 17.0 Å². The Hall–Kier alpha value is -2.29. The topological polar surface area (TPSA) is 116 Å². The predicted molar refractivity (Wildman–Crippen MR) is 106 cm³/mol. The van der Waals surface area contributed by atoms with Crippen LogP contribution in [-0.2, 0) is 6.54 Å². The molecule has 3 rings (SSSR count). The molecule has 2 aromatic rings. The molecule has 0 aliphatic heterocycles. The molecule has 0 aromatic carbocycles. The van der Waals surface area contributed by atoms with Crippen molar-refractivity contribution in [1.82, 2.24) is 19.1 Å². The molecular formula is C18H25N5O3S. The number of nitrogen functional groups attached to an aromatic ring is 1. The number of hydrogen-bond donors (Lipinski definition) is 2. The molecule has 8 nitrogen and oxygen atoms in total. The highest BCUT2D eigenvalue weighted by atomic mass is 32.2. The third kappa shape index (κ3) is 3.87. The fourth-order valence-corrected chi connectivity index (χ4v) is 4.02. The second-order valence-electron chi connectivity index (χ2n) is 7.40. The zero-order chi connectivity index (χ0) is 19.9. The van der Waals surface area contributed by atoms with Crippen molar-refractivity contribution in [3.05, 3.63) is 37.8 Å². The molecule has 0 spiro atoms. The number of ketones is 1. The zero-order valence-electron chi connectivity index (χ0n) is 16.0. The Bertz CT molecular complexity index is 998. The maximum atomic E-state index is 12.7. The number of aromatic nitrogens is 4. The molecule has 1 saturated carbocycles. The van der Waals surface area contributed by atoms with E-state index in [1.807, 2.05) is 13.8 Å². The molecule has 0 saturated heterocycles. The van der Waals surface area contributed by atoms with Crippen molar-refractivity contribution in [1.29, 1.82) is 0 Å². The minimum atomic E-state index is -0.724. The van der Waals surface area contributed by atoms with Gasteiger partial charge in [-0.1, -0.05) is 25.6 Å². The summed E-state index contributed by atoms with van der Waals surface area (Å²) in [5, 5.41) is 0.748. The quantitative estimate of drug-likeness (QED) is 0.550. The molecule has 0 atom stereocenters. The van der Waals surface area contributed by atoms with Gasteiger partial charge in [-0.05, 0) is 32.6 Å². The Labute approximate surface area is 161 Å². The van der Waals surface area contributed by atoms with Crippen LogP contribution >= 0.6 is 11.8 Å². The van der Waals surface area contributed by atoms with E-state index in [-0.39, 0.29) is 23.2 Å². The number of aryl methyl sites for hydroxylation is 1. The summed E-state index contributed by atoms with van der Waals surface area (Å²) in [5.41, 5.74) is 6.59. The van der Waals surface area contributed by atoms with Gasteiger partial charge < -0.3 is 10.3 Å². The van der Waals surface area contributed by atoms with E-state index in [2.05, 4.69) is 28.4 Å². The van der Waals surface area contributed by atoms with Gasteiger partial charge in [-0.2, -0.15) is 0 Å². The van der Waals surface area contributed by atoms with Crippen LogP contribution in [0.4, 0.5) is 5.82 Å². The van der Waals surface area contributed by atoms with E-state index >= 15 is 0 Å². The lowest BCUT2D eigenvalue weighted by Gasteiger charge is -2.13. The monoisotopic (exact) mass is 391 g/mol. The number of hydrogen-bond acceptors (Lipinski definition) is 6. The molecule has 1 aliphatic rings.